The Morgan fingerprint density at radius 3 is 2.23 bits per heavy atom. The number of aryl methyl sites for hydroxylation is 2. The van der Waals surface area contributed by atoms with Gasteiger partial charge in [-0.1, -0.05) is 51.5 Å². The van der Waals surface area contributed by atoms with Crippen molar-refractivity contribution in [3.8, 4) is 11.5 Å². The molecule has 0 bridgehead atoms. The highest BCUT2D eigenvalue weighted by Crippen LogP contribution is 2.31. The summed E-state index contributed by atoms with van der Waals surface area (Å²) in [7, 11) is 0. The predicted molar refractivity (Wildman–Crippen MR) is 103 cm³/mol. The van der Waals surface area contributed by atoms with Crippen LogP contribution in [0.25, 0.3) is 0 Å². The van der Waals surface area contributed by atoms with Gasteiger partial charge in [-0.05, 0) is 56.2 Å². The molecule has 1 saturated heterocycles. The van der Waals surface area contributed by atoms with Gasteiger partial charge in [-0.25, -0.2) is 0 Å². The van der Waals surface area contributed by atoms with Crippen molar-refractivity contribution in [3.05, 3.63) is 23.3 Å². The smallest absolute Gasteiger partial charge is 0.309 e. The van der Waals surface area contributed by atoms with E-state index >= 15 is 0 Å². The zero-order valence-corrected chi connectivity index (χ0v) is 16.3. The van der Waals surface area contributed by atoms with E-state index < -0.39 is 0 Å². The number of hydrogen-bond donors (Lipinski definition) is 2. The molecule has 2 N–H and O–H groups in total. The predicted octanol–water partition coefficient (Wildman–Crippen LogP) is 5.41. The van der Waals surface area contributed by atoms with E-state index in [1.807, 2.05) is 19.9 Å². The summed E-state index contributed by atoms with van der Waals surface area (Å²) >= 11 is 0. The van der Waals surface area contributed by atoms with E-state index in [9.17, 15) is 15.0 Å². The fraction of sp³-hybridized carbons (Fsp3) is 0.682. The molecular formula is C22H34O4. The van der Waals surface area contributed by atoms with Crippen LogP contribution in [0.1, 0.15) is 82.3 Å². The van der Waals surface area contributed by atoms with E-state index in [2.05, 4.69) is 0 Å². The number of aromatic hydroxyl groups is 2. The topological polar surface area (TPSA) is 66.8 Å². The van der Waals surface area contributed by atoms with E-state index in [1.54, 1.807) is 6.07 Å². The van der Waals surface area contributed by atoms with E-state index in [0.29, 0.717) is 0 Å². The first-order valence-corrected chi connectivity index (χ1v) is 10.2. The number of benzene rings is 1. The minimum atomic E-state index is -0.0239. The molecule has 2 atom stereocenters. The normalized spacial score (nSPS) is 19.7. The van der Waals surface area contributed by atoms with Gasteiger partial charge in [-0.3, -0.25) is 4.79 Å². The van der Waals surface area contributed by atoms with E-state index in [4.69, 9.17) is 4.74 Å². The van der Waals surface area contributed by atoms with Crippen LogP contribution in [-0.2, 0) is 16.0 Å². The lowest BCUT2D eigenvalue weighted by atomic mass is 10.0. The Balaban J connectivity index is 1.45. The van der Waals surface area contributed by atoms with Crippen molar-refractivity contribution in [1.82, 2.24) is 0 Å². The highest BCUT2D eigenvalue weighted by atomic mass is 16.5. The third-order valence-electron chi connectivity index (χ3n) is 5.34. The number of phenols is 2. The summed E-state index contributed by atoms with van der Waals surface area (Å²) in [4.78, 5) is 11.3. The van der Waals surface area contributed by atoms with Gasteiger partial charge in [0.1, 0.15) is 6.10 Å². The first kappa shape index (κ1) is 20.6. The maximum Gasteiger partial charge on any atom is 0.309 e. The lowest BCUT2D eigenvalue weighted by Crippen LogP contribution is -2.06. The zero-order valence-electron chi connectivity index (χ0n) is 16.3. The Morgan fingerprint density at radius 1 is 1.00 bits per heavy atom. The minimum Gasteiger partial charge on any atom is -0.504 e. The summed E-state index contributed by atoms with van der Waals surface area (Å²) in [6.45, 7) is 3.88. The lowest BCUT2D eigenvalue weighted by molar-refractivity contribution is -0.144. The van der Waals surface area contributed by atoms with Gasteiger partial charge < -0.3 is 14.9 Å². The molecule has 26 heavy (non-hydrogen) atoms. The van der Waals surface area contributed by atoms with Gasteiger partial charge >= 0.3 is 5.97 Å². The summed E-state index contributed by atoms with van der Waals surface area (Å²) in [6, 6.07) is 3.55. The monoisotopic (exact) mass is 362 g/mol. The van der Waals surface area contributed by atoms with Crippen molar-refractivity contribution < 1.29 is 19.7 Å². The van der Waals surface area contributed by atoms with Crippen molar-refractivity contribution in [2.45, 2.75) is 90.6 Å². The highest BCUT2D eigenvalue weighted by Gasteiger charge is 2.30. The molecule has 1 aromatic rings. The molecule has 0 amide bonds. The first-order chi connectivity index (χ1) is 12.5. The minimum absolute atomic E-state index is 0.0122. The van der Waals surface area contributed by atoms with E-state index in [-0.39, 0.29) is 29.5 Å². The zero-order chi connectivity index (χ0) is 18.9. The molecule has 0 saturated carbocycles. The molecule has 1 heterocycles. The summed E-state index contributed by atoms with van der Waals surface area (Å²) < 4.78 is 5.33. The van der Waals surface area contributed by atoms with Crippen LogP contribution >= 0.6 is 0 Å². The van der Waals surface area contributed by atoms with Gasteiger partial charge in [-0.15, -0.1) is 0 Å². The molecule has 4 heteroatoms. The molecule has 0 radical (unpaired) electrons. The van der Waals surface area contributed by atoms with Crippen molar-refractivity contribution >= 4 is 5.97 Å². The Bertz CT molecular complexity index is 582. The summed E-state index contributed by atoms with van der Waals surface area (Å²) in [5.74, 6) is 0.0923. The second-order valence-electron chi connectivity index (χ2n) is 7.85. The molecule has 1 aliphatic heterocycles. The molecule has 0 aromatic heterocycles. The molecular weight excluding hydrogens is 328 g/mol. The van der Waals surface area contributed by atoms with Crippen molar-refractivity contribution in [2.24, 2.45) is 5.92 Å². The number of hydrogen-bond acceptors (Lipinski definition) is 4. The van der Waals surface area contributed by atoms with Crippen LogP contribution in [0.4, 0.5) is 0 Å². The van der Waals surface area contributed by atoms with Gasteiger partial charge in [0.05, 0.1) is 5.92 Å². The summed E-state index contributed by atoms with van der Waals surface area (Å²) in [5, 5.41) is 19.5. The number of rotatable bonds is 11. The van der Waals surface area contributed by atoms with Crippen LogP contribution in [0.3, 0.4) is 0 Å². The lowest BCUT2D eigenvalue weighted by Gasteiger charge is -2.09. The van der Waals surface area contributed by atoms with Crippen molar-refractivity contribution in [1.29, 1.82) is 0 Å². The van der Waals surface area contributed by atoms with Crippen LogP contribution in [0.5, 0.6) is 11.5 Å². The third-order valence-corrected chi connectivity index (χ3v) is 5.34. The Kier molecular flexibility index (Phi) is 8.27. The molecule has 2 rings (SSSR count). The molecule has 0 aliphatic carbocycles. The standard InChI is InChI=1S/C22H34O4/c1-16-13-18(21(24)20(23)14-16)11-9-7-5-3-4-6-8-10-12-19-15-17(2)22(25)26-19/h13-14,17,19,23-24H,3-12,15H2,1-2H3. The quantitative estimate of drug-likeness (QED) is 0.314. The largest absolute Gasteiger partial charge is 0.504 e. The Morgan fingerprint density at radius 2 is 1.62 bits per heavy atom. The van der Waals surface area contributed by atoms with E-state index in [1.165, 1.54) is 32.1 Å². The number of carbonyl (C=O) groups is 1. The fourth-order valence-electron chi connectivity index (χ4n) is 3.77. The highest BCUT2D eigenvalue weighted by molar-refractivity contribution is 5.74. The molecule has 2 unspecified atom stereocenters. The second kappa shape index (κ2) is 10.4. The Hall–Kier alpha value is -1.71. The SMILES string of the molecule is Cc1cc(O)c(O)c(CCCCCCCCCCC2CC(C)C(=O)O2)c1. The van der Waals surface area contributed by atoms with Gasteiger partial charge in [0, 0.05) is 0 Å². The van der Waals surface area contributed by atoms with E-state index in [0.717, 1.165) is 49.7 Å². The molecule has 4 nitrogen and oxygen atoms in total. The number of esters is 1. The summed E-state index contributed by atoms with van der Waals surface area (Å²) in [5.41, 5.74) is 1.83. The maximum absolute atomic E-state index is 11.3. The first-order valence-electron chi connectivity index (χ1n) is 10.2. The molecule has 1 aliphatic rings. The average molecular weight is 363 g/mol. The van der Waals surface area contributed by atoms with Crippen molar-refractivity contribution in [2.75, 3.05) is 0 Å². The Labute approximate surface area is 157 Å². The fourth-order valence-corrected chi connectivity index (χ4v) is 3.77. The third kappa shape index (κ3) is 6.54. The van der Waals surface area contributed by atoms with Crippen LogP contribution in [0.2, 0.25) is 0 Å². The number of phenolic OH excluding ortho intramolecular Hbond substituents is 2. The van der Waals surface area contributed by atoms with Gasteiger partial charge in [-0.2, -0.15) is 0 Å². The van der Waals surface area contributed by atoms with Crippen LogP contribution in [0, 0.1) is 12.8 Å². The van der Waals surface area contributed by atoms with Gasteiger partial charge in [0.2, 0.25) is 0 Å². The average Bonchev–Trinajstić information content (AvgIpc) is 2.91. The van der Waals surface area contributed by atoms with Gasteiger partial charge in [0.25, 0.3) is 0 Å². The second-order valence-corrected chi connectivity index (χ2v) is 7.85. The summed E-state index contributed by atoms with van der Waals surface area (Å²) in [6.07, 6.45) is 12.5. The number of unbranched alkanes of at least 4 members (excludes halogenated alkanes) is 7. The van der Waals surface area contributed by atoms with Crippen LogP contribution in [-0.4, -0.2) is 22.3 Å². The molecule has 146 valence electrons. The van der Waals surface area contributed by atoms with Crippen molar-refractivity contribution in [3.63, 3.8) is 0 Å². The molecule has 1 aromatic carbocycles. The molecule has 0 spiro atoms. The van der Waals surface area contributed by atoms with Crippen LogP contribution < -0.4 is 0 Å². The maximum atomic E-state index is 11.3. The molecule has 1 fully saturated rings. The van der Waals surface area contributed by atoms with Crippen LogP contribution in [0.15, 0.2) is 12.1 Å². The number of ether oxygens (including phenoxy) is 1. The number of carbonyl (C=O) groups excluding carboxylic acids is 1. The number of cyclic esters (lactones) is 1. The van der Waals surface area contributed by atoms with Gasteiger partial charge in [0.15, 0.2) is 11.5 Å².